The van der Waals surface area contributed by atoms with Crippen LogP contribution in [0.3, 0.4) is 0 Å². The number of aromatic carboxylic acids is 1. The minimum Gasteiger partial charge on any atom is -0.545 e. The van der Waals surface area contributed by atoms with Crippen LogP contribution in [0.4, 0.5) is 33.7 Å². The third-order valence-corrected chi connectivity index (χ3v) is 6.06. The molecule has 218 valence electrons. The zero-order valence-corrected chi connectivity index (χ0v) is 22.1. The summed E-state index contributed by atoms with van der Waals surface area (Å²) >= 11 is 0. The molecule has 1 atom stereocenters. The maximum Gasteiger partial charge on any atom is 0.416 e. The molecule has 1 unspecified atom stereocenters. The van der Waals surface area contributed by atoms with Gasteiger partial charge in [0.05, 0.1) is 25.8 Å². The van der Waals surface area contributed by atoms with Gasteiger partial charge in [0.25, 0.3) is 0 Å². The summed E-state index contributed by atoms with van der Waals surface area (Å²) < 4.78 is 69.2. The Bertz CT molecular complexity index is 1570. The van der Waals surface area contributed by atoms with Gasteiger partial charge in [0.2, 0.25) is 0 Å². The van der Waals surface area contributed by atoms with Crippen LogP contribution in [-0.4, -0.2) is 26.2 Å². The van der Waals surface area contributed by atoms with E-state index in [2.05, 4.69) is 10.6 Å². The van der Waals surface area contributed by atoms with Gasteiger partial charge >= 0.3 is 12.2 Å². The van der Waals surface area contributed by atoms with Crippen molar-refractivity contribution in [2.24, 2.45) is 0 Å². The lowest BCUT2D eigenvalue weighted by Crippen LogP contribution is -2.25. The molecule has 0 aliphatic heterocycles. The zero-order valence-electron chi connectivity index (χ0n) is 22.1. The number of hydrogen-bond donors (Lipinski definition) is 2. The number of hydrogen-bond acceptors (Lipinski definition) is 6. The summed E-state index contributed by atoms with van der Waals surface area (Å²) in [6.07, 6.45) is -5.68. The molecule has 2 amide bonds. The first-order chi connectivity index (χ1) is 20.0. The number of carbonyl (C=O) groups is 2. The van der Waals surface area contributed by atoms with Crippen molar-refractivity contribution in [3.05, 3.63) is 113 Å². The Kier molecular flexibility index (Phi) is 8.84. The van der Waals surface area contributed by atoms with E-state index in [1.807, 2.05) is 0 Å². The summed E-state index contributed by atoms with van der Waals surface area (Å²) in [5.41, 5.74) is -0.303. The third kappa shape index (κ3) is 7.08. The Hall–Kier alpha value is -5.26. The number of halogens is 4. The molecule has 0 aliphatic rings. The molecule has 4 rings (SSSR count). The second-order valence-corrected chi connectivity index (χ2v) is 8.82. The van der Waals surface area contributed by atoms with Crippen molar-refractivity contribution in [2.45, 2.75) is 12.3 Å². The quantitative estimate of drug-likeness (QED) is 0.233. The van der Waals surface area contributed by atoms with E-state index >= 15 is 0 Å². The number of urea groups is 1. The fourth-order valence-electron chi connectivity index (χ4n) is 4.02. The second kappa shape index (κ2) is 12.5. The Morgan fingerprint density at radius 2 is 1.26 bits per heavy atom. The van der Waals surface area contributed by atoms with Gasteiger partial charge in [-0.05, 0) is 65.7 Å². The van der Waals surface area contributed by atoms with Gasteiger partial charge in [-0.15, -0.1) is 0 Å². The Balaban J connectivity index is 1.60. The van der Waals surface area contributed by atoms with Gasteiger partial charge in [0.1, 0.15) is 17.7 Å². The molecular weight excluding hydrogens is 560 g/mol. The SMILES string of the molecule is COc1ccc(NC(=O)Nc2ccc(OC(c3ccc(F)cc3)c3ccc(C(F)(F)F)cc3)c(C(=O)[O-])c2)cc1OC. The highest BCUT2D eigenvalue weighted by Crippen LogP contribution is 2.35. The van der Waals surface area contributed by atoms with E-state index < -0.39 is 41.2 Å². The molecule has 0 radical (unpaired) electrons. The Morgan fingerprint density at radius 1 is 0.738 bits per heavy atom. The molecule has 8 nitrogen and oxygen atoms in total. The van der Waals surface area contributed by atoms with Crippen LogP contribution in [0.2, 0.25) is 0 Å². The summed E-state index contributed by atoms with van der Waals surface area (Å²) in [6.45, 7) is 0. The predicted octanol–water partition coefficient (Wildman–Crippen LogP) is 6.04. The summed E-state index contributed by atoms with van der Waals surface area (Å²) in [7, 11) is 2.90. The van der Waals surface area contributed by atoms with Crippen molar-refractivity contribution in [2.75, 3.05) is 24.9 Å². The highest BCUT2D eigenvalue weighted by molar-refractivity contribution is 6.01. The van der Waals surface area contributed by atoms with Crippen molar-refractivity contribution >= 4 is 23.4 Å². The Morgan fingerprint density at radius 3 is 1.79 bits per heavy atom. The summed E-state index contributed by atoms with van der Waals surface area (Å²) in [4.78, 5) is 24.6. The van der Waals surface area contributed by atoms with Crippen molar-refractivity contribution in [1.82, 2.24) is 0 Å². The maximum absolute atomic E-state index is 13.6. The number of anilines is 2. The van der Waals surface area contributed by atoms with Crippen LogP contribution in [0.25, 0.3) is 0 Å². The van der Waals surface area contributed by atoms with Crippen LogP contribution in [0, 0.1) is 5.82 Å². The monoisotopic (exact) mass is 583 g/mol. The maximum atomic E-state index is 13.6. The molecule has 0 aromatic heterocycles. The molecular formula is C30H23F4N2O6-. The lowest BCUT2D eigenvalue weighted by Gasteiger charge is -2.23. The summed E-state index contributed by atoms with van der Waals surface area (Å²) in [5, 5.41) is 17.1. The number of carbonyl (C=O) groups excluding carboxylic acids is 2. The highest BCUT2D eigenvalue weighted by Gasteiger charge is 2.30. The minimum atomic E-state index is -4.57. The number of carboxylic acids is 1. The number of alkyl halides is 3. The van der Waals surface area contributed by atoms with E-state index in [1.54, 1.807) is 12.1 Å². The van der Waals surface area contributed by atoms with E-state index in [9.17, 15) is 32.3 Å². The molecule has 4 aromatic rings. The van der Waals surface area contributed by atoms with Gasteiger partial charge in [-0.1, -0.05) is 24.3 Å². The van der Waals surface area contributed by atoms with Gasteiger partial charge in [0, 0.05) is 23.0 Å². The van der Waals surface area contributed by atoms with Crippen LogP contribution >= 0.6 is 0 Å². The molecule has 0 spiro atoms. The number of carboxylic acid groups (broad SMARTS) is 1. The highest BCUT2D eigenvalue weighted by atomic mass is 19.4. The zero-order chi connectivity index (χ0) is 30.4. The smallest absolute Gasteiger partial charge is 0.416 e. The van der Waals surface area contributed by atoms with Crippen LogP contribution in [0.5, 0.6) is 17.2 Å². The number of rotatable bonds is 9. The Labute approximate surface area is 237 Å². The molecule has 12 heteroatoms. The largest absolute Gasteiger partial charge is 0.545 e. The predicted molar refractivity (Wildman–Crippen MR) is 143 cm³/mol. The van der Waals surface area contributed by atoms with Gasteiger partial charge in [-0.3, -0.25) is 0 Å². The second-order valence-electron chi connectivity index (χ2n) is 8.82. The van der Waals surface area contributed by atoms with Gasteiger partial charge in [-0.25, -0.2) is 9.18 Å². The van der Waals surface area contributed by atoms with Crippen LogP contribution < -0.4 is 30.0 Å². The standard InChI is InChI=1S/C30H24F4N2O6/c1-40-25-14-12-22(16-26(25)41-2)36-29(39)35-21-11-13-24(23(15-21)28(37)38)42-27(18-5-9-20(31)10-6-18)17-3-7-19(8-4-17)30(32,33)34/h3-16,27H,1-2H3,(H,37,38)(H2,35,36,39)/p-1. The van der Waals surface area contributed by atoms with Crippen molar-refractivity contribution in [1.29, 1.82) is 0 Å². The molecule has 0 heterocycles. The average Bonchev–Trinajstić information content (AvgIpc) is 2.96. The van der Waals surface area contributed by atoms with Gasteiger partial charge in [-0.2, -0.15) is 13.2 Å². The van der Waals surface area contributed by atoms with Crippen LogP contribution in [-0.2, 0) is 6.18 Å². The van der Waals surface area contributed by atoms with Crippen molar-refractivity contribution < 1.29 is 46.5 Å². The summed E-state index contributed by atoms with van der Waals surface area (Å²) in [5.74, 6) is -1.57. The van der Waals surface area contributed by atoms with E-state index in [1.165, 1.54) is 56.7 Å². The number of ether oxygens (including phenoxy) is 3. The molecule has 2 N–H and O–H groups in total. The van der Waals surface area contributed by atoms with Gasteiger partial charge in [0.15, 0.2) is 11.5 Å². The molecule has 0 saturated heterocycles. The van der Waals surface area contributed by atoms with Crippen molar-refractivity contribution in [3.8, 4) is 17.2 Å². The lowest BCUT2D eigenvalue weighted by molar-refractivity contribution is -0.255. The normalized spacial score (nSPS) is 11.8. The van der Waals surface area contributed by atoms with Crippen LogP contribution in [0.15, 0.2) is 84.9 Å². The number of nitrogens with one attached hydrogen (secondary N) is 2. The lowest BCUT2D eigenvalue weighted by atomic mass is 9.99. The van der Waals surface area contributed by atoms with Crippen molar-refractivity contribution in [3.63, 3.8) is 0 Å². The number of methoxy groups -OCH3 is 2. The van der Waals surface area contributed by atoms with E-state index in [-0.39, 0.29) is 17.0 Å². The average molecular weight is 584 g/mol. The van der Waals surface area contributed by atoms with E-state index in [0.29, 0.717) is 22.7 Å². The first-order valence-electron chi connectivity index (χ1n) is 12.2. The molecule has 0 aliphatic carbocycles. The number of amides is 2. The third-order valence-electron chi connectivity index (χ3n) is 6.06. The number of benzene rings is 4. The van der Waals surface area contributed by atoms with E-state index in [4.69, 9.17) is 14.2 Å². The van der Waals surface area contributed by atoms with E-state index in [0.717, 1.165) is 30.3 Å². The minimum absolute atomic E-state index is 0.0763. The van der Waals surface area contributed by atoms with Gasteiger partial charge < -0.3 is 34.7 Å². The first kappa shape index (κ1) is 29.7. The molecule has 0 bridgehead atoms. The molecule has 0 fully saturated rings. The molecule has 0 saturated carbocycles. The summed E-state index contributed by atoms with van der Waals surface area (Å²) in [6, 6.07) is 16.8. The first-order valence-corrected chi connectivity index (χ1v) is 12.2. The topological polar surface area (TPSA) is 109 Å². The fraction of sp³-hybridized carbons (Fsp3) is 0.133. The van der Waals surface area contributed by atoms with Crippen LogP contribution in [0.1, 0.15) is 33.2 Å². The fourth-order valence-corrected chi connectivity index (χ4v) is 4.02. The molecule has 4 aromatic carbocycles. The molecule has 42 heavy (non-hydrogen) atoms.